The number of halogens is 1. The number of aliphatic hydroxyl groups is 1. The number of ketones is 1. The zero-order valence-electron chi connectivity index (χ0n) is 22.3. The van der Waals surface area contributed by atoms with Crippen LogP contribution in [0.25, 0.3) is 16.0 Å². The Morgan fingerprint density at radius 1 is 0.976 bits per heavy atom. The Balaban J connectivity index is 1.43. The van der Waals surface area contributed by atoms with Crippen molar-refractivity contribution >= 4 is 55.7 Å². The van der Waals surface area contributed by atoms with Gasteiger partial charge in [-0.2, -0.15) is 0 Å². The van der Waals surface area contributed by atoms with Gasteiger partial charge in [0, 0.05) is 10.6 Å². The first-order valence-electron chi connectivity index (χ1n) is 13.0. The van der Waals surface area contributed by atoms with Crippen molar-refractivity contribution in [1.82, 2.24) is 4.98 Å². The average Bonchev–Trinajstić information content (AvgIpc) is 3.50. The van der Waals surface area contributed by atoms with Crippen molar-refractivity contribution in [3.05, 3.63) is 129 Å². The fraction of sp³-hybridized carbons (Fsp3) is 0.121. The number of hydrogen-bond donors (Lipinski definition) is 1. The summed E-state index contributed by atoms with van der Waals surface area (Å²) in [6.07, 6.45) is 0. The van der Waals surface area contributed by atoms with Crippen LogP contribution in [0.15, 0.2) is 96.6 Å². The highest BCUT2D eigenvalue weighted by atomic mass is 35.5. The maximum absolute atomic E-state index is 13.6. The minimum absolute atomic E-state index is 0.00948. The van der Waals surface area contributed by atoms with Crippen LogP contribution in [0.5, 0.6) is 5.75 Å². The van der Waals surface area contributed by atoms with Gasteiger partial charge in [-0.15, -0.1) is 0 Å². The van der Waals surface area contributed by atoms with Crippen molar-refractivity contribution in [2.75, 3.05) is 4.90 Å². The first kappa shape index (κ1) is 26.7. The number of Topliss-reactive ketones (excluding diaryl/α,β-unsaturated/α-hetero) is 1. The van der Waals surface area contributed by atoms with Gasteiger partial charge in [-0.3, -0.25) is 14.5 Å². The highest BCUT2D eigenvalue weighted by Gasteiger charge is 2.48. The molecule has 2 heterocycles. The first-order valence-corrected chi connectivity index (χ1v) is 14.2. The molecule has 0 bridgehead atoms. The van der Waals surface area contributed by atoms with Gasteiger partial charge in [0.25, 0.3) is 5.78 Å². The third-order valence-electron chi connectivity index (χ3n) is 7.03. The van der Waals surface area contributed by atoms with Crippen molar-refractivity contribution in [3.63, 3.8) is 0 Å². The van der Waals surface area contributed by atoms with Gasteiger partial charge in [0.2, 0.25) is 0 Å². The molecule has 1 saturated heterocycles. The number of benzene rings is 4. The number of ether oxygens (including phenoxy) is 1. The van der Waals surface area contributed by atoms with E-state index in [1.165, 1.54) is 16.2 Å². The number of aromatic nitrogens is 1. The van der Waals surface area contributed by atoms with Gasteiger partial charge in [-0.1, -0.05) is 83.1 Å². The van der Waals surface area contributed by atoms with E-state index in [4.69, 9.17) is 16.3 Å². The molecule has 204 valence electrons. The summed E-state index contributed by atoms with van der Waals surface area (Å²) in [4.78, 5) is 33.2. The van der Waals surface area contributed by atoms with Gasteiger partial charge in [0.15, 0.2) is 5.13 Å². The molecule has 4 aromatic carbocycles. The molecule has 0 saturated carbocycles. The standard InChI is InChI=1S/C33H25ClN2O4S/c1-19-7-6-10-22(15-19)29-28(31(38)32(39)36(29)33-35-25-13-12-24(34)17-27(25)41-33)30(37)23-11-14-26(20(2)16-23)40-18-21-8-4-3-5-9-21/h3-17,29,37H,18H2,1-2H3/b30-28+. The van der Waals surface area contributed by atoms with Crippen LogP contribution in [0.3, 0.4) is 0 Å². The summed E-state index contributed by atoms with van der Waals surface area (Å²) >= 11 is 7.45. The van der Waals surface area contributed by atoms with Crippen molar-refractivity contribution in [1.29, 1.82) is 0 Å². The van der Waals surface area contributed by atoms with Crippen LogP contribution < -0.4 is 9.64 Å². The summed E-state index contributed by atoms with van der Waals surface area (Å²) in [6.45, 7) is 4.21. The molecule has 1 fully saturated rings. The molecule has 1 N–H and O–H groups in total. The van der Waals surface area contributed by atoms with Crippen molar-refractivity contribution in [3.8, 4) is 5.75 Å². The number of anilines is 1. The van der Waals surface area contributed by atoms with E-state index in [9.17, 15) is 14.7 Å². The lowest BCUT2D eigenvalue weighted by Crippen LogP contribution is -2.29. The van der Waals surface area contributed by atoms with Crippen LogP contribution >= 0.6 is 22.9 Å². The molecular weight excluding hydrogens is 556 g/mol. The van der Waals surface area contributed by atoms with Crippen LogP contribution in [0, 0.1) is 13.8 Å². The quantitative estimate of drug-likeness (QED) is 0.126. The van der Waals surface area contributed by atoms with Crippen molar-refractivity contribution in [2.24, 2.45) is 0 Å². The molecule has 8 heteroatoms. The third kappa shape index (κ3) is 5.10. The number of rotatable bonds is 6. The van der Waals surface area contributed by atoms with Gasteiger partial charge in [0.1, 0.15) is 18.1 Å². The minimum atomic E-state index is -0.861. The molecule has 5 aromatic rings. The van der Waals surface area contributed by atoms with E-state index in [-0.39, 0.29) is 11.3 Å². The maximum Gasteiger partial charge on any atom is 0.301 e. The van der Waals surface area contributed by atoms with Crippen LogP contribution in [-0.4, -0.2) is 21.8 Å². The Morgan fingerprint density at radius 2 is 1.78 bits per heavy atom. The Bertz CT molecular complexity index is 1850. The highest BCUT2D eigenvalue weighted by Crippen LogP contribution is 2.45. The van der Waals surface area contributed by atoms with E-state index in [0.717, 1.165) is 21.4 Å². The average molecular weight is 581 g/mol. The lowest BCUT2D eigenvalue weighted by molar-refractivity contribution is -0.132. The fourth-order valence-electron chi connectivity index (χ4n) is 5.02. The van der Waals surface area contributed by atoms with E-state index in [1.807, 2.05) is 68.4 Å². The second kappa shape index (κ2) is 10.8. The molecule has 6 nitrogen and oxygen atoms in total. The molecule has 0 aliphatic carbocycles. The van der Waals surface area contributed by atoms with Gasteiger partial charge in [-0.05, 0) is 66.9 Å². The predicted molar refractivity (Wildman–Crippen MR) is 163 cm³/mol. The zero-order valence-corrected chi connectivity index (χ0v) is 23.9. The van der Waals surface area contributed by atoms with Crippen LogP contribution in [0.2, 0.25) is 5.02 Å². The highest BCUT2D eigenvalue weighted by molar-refractivity contribution is 7.22. The van der Waals surface area contributed by atoms with E-state index in [2.05, 4.69) is 4.98 Å². The van der Waals surface area contributed by atoms with Crippen molar-refractivity contribution < 1.29 is 19.4 Å². The summed E-state index contributed by atoms with van der Waals surface area (Å²) in [5, 5.41) is 12.5. The number of thiazole rings is 1. The molecule has 1 aliphatic heterocycles. The SMILES string of the molecule is Cc1cccc(C2/C(=C(\O)c3ccc(OCc4ccccc4)c(C)c3)C(=O)C(=O)N2c2nc3ccc(Cl)cc3s2)c1. The molecule has 0 spiro atoms. The fourth-order valence-corrected chi connectivity index (χ4v) is 6.29. The lowest BCUT2D eigenvalue weighted by atomic mass is 9.94. The molecule has 6 rings (SSSR count). The summed E-state index contributed by atoms with van der Waals surface area (Å²) < 4.78 is 6.78. The van der Waals surface area contributed by atoms with Crippen LogP contribution in [0.1, 0.15) is 33.9 Å². The Kier molecular flexibility index (Phi) is 7.07. The molecule has 0 radical (unpaired) electrons. The monoisotopic (exact) mass is 580 g/mol. The van der Waals surface area contributed by atoms with Gasteiger partial charge in [0.05, 0.1) is 21.8 Å². The van der Waals surface area contributed by atoms with E-state index >= 15 is 0 Å². The summed E-state index contributed by atoms with van der Waals surface area (Å²) in [7, 11) is 0. The lowest BCUT2D eigenvalue weighted by Gasteiger charge is -2.23. The first-order chi connectivity index (χ1) is 19.8. The number of fused-ring (bicyclic) bond motifs is 1. The molecule has 1 atom stereocenters. The zero-order chi connectivity index (χ0) is 28.7. The van der Waals surface area contributed by atoms with Gasteiger partial charge >= 0.3 is 5.91 Å². The minimum Gasteiger partial charge on any atom is -0.507 e. The number of aliphatic hydroxyl groups excluding tert-OH is 1. The number of carbonyl (C=O) groups is 2. The molecular formula is C33H25ClN2O4S. The van der Waals surface area contributed by atoms with Gasteiger partial charge in [-0.25, -0.2) is 4.98 Å². The Morgan fingerprint density at radius 3 is 2.54 bits per heavy atom. The van der Waals surface area contributed by atoms with Crippen LogP contribution in [0.4, 0.5) is 5.13 Å². The number of carbonyl (C=O) groups excluding carboxylic acids is 2. The second-order valence-electron chi connectivity index (χ2n) is 9.95. The summed E-state index contributed by atoms with van der Waals surface area (Å²) in [5.74, 6) is -1.11. The molecule has 1 unspecified atom stereocenters. The number of amides is 1. The number of nitrogens with zero attached hydrogens (tertiary/aromatic N) is 2. The maximum atomic E-state index is 13.6. The van der Waals surface area contributed by atoms with Crippen molar-refractivity contribution in [2.45, 2.75) is 26.5 Å². The van der Waals surface area contributed by atoms with Gasteiger partial charge < -0.3 is 9.84 Å². The number of aryl methyl sites for hydroxylation is 2. The molecule has 1 aliphatic rings. The normalized spacial score (nSPS) is 16.5. The van der Waals surface area contributed by atoms with Crippen LogP contribution in [-0.2, 0) is 16.2 Å². The van der Waals surface area contributed by atoms with E-state index in [1.54, 1.807) is 36.4 Å². The molecule has 1 amide bonds. The Hall–Kier alpha value is -4.46. The largest absolute Gasteiger partial charge is 0.507 e. The van der Waals surface area contributed by atoms with E-state index in [0.29, 0.717) is 39.2 Å². The smallest absolute Gasteiger partial charge is 0.301 e. The topological polar surface area (TPSA) is 79.7 Å². The Labute approximate surface area is 246 Å². The summed E-state index contributed by atoms with van der Waals surface area (Å²) in [6, 6.07) is 27.0. The second-order valence-corrected chi connectivity index (χ2v) is 11.4. The third-order valence-corrected chi connectivity index (χ3v) is 8.29. The summed E-state index contributed by atoms with van der Waals surface area (Å²) in [5.41, 5.74) is 4.57. The predicted octanol–water partition coefficient (Wildman–Crippen LogP) is 7.77. The number of hydrogen-bond acceptors (Lipinski definition) is 6. The van der Waals surface area contributed by atoms with E-state index < -0.39 is 17.7 Å². The molecule has 41 heavy (non-hydrogen) atoms. The molecule has 1 aromatic heterocycles.